The Bertz CT molecular complexity index is 345. The van der Waals surface area contributed by atoms with Crippen LogP contribution < -0.4 is 5.73 Å². The van der Waals surface area contributed by atoms with Crippen LogP contribution >= 0.6 is 11.8 Å². The first kappa shape index (κ1) is 16.5. The summed E-state index contributed by atoms with van der Waals surface area (Å²) in [4.78, 5) is 6.93. The fraction of sp³-hybridized carbons (Fsp3) is 0.667. The van der Waals surface area contributed by atoms with Crippen LogP contribution in [0.25, 0.3) is 0 Å². The normalized spacial score (nSPS) is 16.3. The molecule has 108 valence electrons. The number of aromatic nitrogens is 1. The molecule has 3 nitrogen and oxygen atoms in total. The van der Waals surface area contributed by atoms with Crippen LogP contribution in [0.1, 0.15) is 38.4 Å². The summed E-state index contributed by atoms with van der Waals surface area (Å²) in [7, 11) is 2.18. The van der Waals surface area contributed by atoms with E-state index < -0.39 is 0 Å². The van der Waals surface area contributed by atoms with Crippen molar-refractivity contribution in [2.45, 2.75) is 44.8 Å². The van der Waals surface area contributed by atoms with Crippen molar-refractivity contribution in [2.24, 2.45) is 5.73 Å². The van der Waals surface area contributed by atoms with Gasteiger partial charge < -0.3 is 5.73 Å². The highest BCUT2D eigenvalue weighted by Gasteiger charge is 2.28. The zero-order valence-corrected chi connectivity index (χ0v) is 13.4. The molecule has 19 heavy (non-hydrogen) atoms. The fourth-order valence-corrected chi connectivity index (χ4v) is 3.30. The second kappa shape index (κ2) is 8.56. The highest BCUT2D eigenvalue weighted by Crippen LogP contribution is 2.26. The average Bonchev–Trinajstić information content (AvgIpc) is 2.45. The average molecular weight is 281 g/mol. The van der Waals surface area contributed by atoms with Crippen LogP contribution in [0.2, 0.25) is 0 Å². The third kappa shape index (κ3) is 4.48. The van der Waals surface area contributed by atoms with Gasteiger partial charge in [0.2, 0.25) is 0 Å². The lowest BCUT2D eigenvalue weighted by Crippen LogP contribution is -2.45. The van der Waals surface area contributed by atoms with Crippen LogP contribution in [-0.2, 0) is 0 Å². The number of nitrogens with zero attached hydrogens (tertiary/aromatic N) is 2. The van der Waals surface area contributed by atoms with Crippen LogP contribution in [0.5, 0.6) is 0 Å². The zero-order valence-electron chi connectivity index (χ0n) is 12.5. The summed E-state index contributed by atoms with van der Waals surface area (Å²) in [6.45, 7) is 4.38. The van der Waals surface area contributed by atoms with E-state index in [0.29, 0.717) is 6.04 Å². The lowest BCUT2D eigenvalue weighted by molar-refractivity contribution is 0.154. The molecule has 0 aliphatic heterocycles. The topological polar surface area (TPSA) is 42.1 Å². The molecular formula is C15H27N3S. The van der Waals surface area contributed by atoms with Crippen LogP contribution in [0.3, 0.4) is 0 Å². The van der Waals surface area contributed by atoms with Gasteiger partial charge in [-0.2, -0.15) is 11.8 Å². The van der Waals surface area contributed by atoms with Crippen molar-refractivity contribution in [3.8, 4) is 0 Å². The van der Waals surface area contributed by atoms with Crippen molar-refractivity contribution in [3.63, 3.8) is 0 Å². The monoisotopic (exact) mass is 281 g/mol. The third-order valence-corrected chi connectivity index (χ3v) is 4.43. The van der Waals surface area contributed by atoms with Crippen molar-refractivity contribution in [3.05, 3.63) is 30.1 Å². The third-order valence-electron chi connectivity index (χ3n) is 3.71. The predicted octanol–water partition coefficient (Wildman–Crippen LogP) is 2.93. The van der Waals surface area contributed by atoms with E-state index in [9.17, 15) is 0 Å². The Morgan fingerprint density at radius 3 is 2.53 bits per heavy atom. The van der Waals surface area contributed by atoms with Crippen LogP contribution in [0, 0.1) is 0 Å². The second-order valence-electron chi connectivity index (χ2n) is 4.95. The molecule has 3 unspecified atom stereocenters. The summed E-state index contributed by atoms with van der Waals surface area (Å²) in [5.41, 5.74) is 7.43. The van der Waals surface area contributed by atoms with Gasteiger partial charge in [0.05, 0.1) is 11.7 Å². The van der Waals surface area contributed by atoms with E-state index in [1.807, 2.05) is 30.1 Å². The van der Waals surface area contributed by atoms with E-state index in [-0.39, 0.29) is 12.1 Å². The Kier molecular flexibility index (Phi) is 7.42. The summed E-state index contributed by atoms with van der Waals surface area (Å²) < 4.78 is 0. The molecule has 0 fully saturated rings. The summed E-state index contributed by atoms with van der Waals surface area (Å²) in [6.07, 6.45) is 6.11. The van der Waals surface area contributed by atoms with Gasteiger partial charge in [-0.05, 0) is 38.3 Å². The second-order valence-corrected chi connectivity index (χ2v) is 5.87. The van der Waals surface area contributed by atoms with Gasteiger partial charge in [-0.25, -0.2) is 0 Å². The Hall–Kier alpha value is -0.580. The Morgan fingerprint density at radius 2 is 2.05 bits per heavy atom. The van der Waals surface area contributed by atoms with E-state index in [0.717, 1.165) is 24.3 Å². The Morgan fingerprint density at radius 1 is 1.32 bits per heavy atom. The summed E-state index contributed by atoms with van der Waals surface area (Å²) in [6, 6.07) is 6.94. The molecule has 0 saturated carbocycles. The van der Waals surface area contributed by atoms with Gasteiger partial charge in [0, 0.05) is 24.0 Å². The molecule has 0 bridgehead atoms. The molecule has 1 rings (SSSR count). The van der Waals surface area contributed by atoms with Gasteiger partial charge in [0.25, 0.3) is 0 Å². The molecule has 0 aliphatic rings. The number of hydrogen-bond donors (Lipinski definition) is 1. The van der Waals surface area contributed by atoms with Crippen molar-refractivity contribution < 1.29 is 0 Å². The molecule has 3 atom stereocenters. The maximum absolute atomic E-state index is 6.35. The van der Waals surface area contributed by atoms with Gasteiger partial charge in [-0.1, -0.05) is 19.9 Å². The number of nitrogens with two attached hydrogens (primary N) is 1. The molecular weight excluding hydrogens is 254 g/mol. The first-order valence-electron chi connectivity index (χ1n) is 7.03. The molecule has 0 aliphatic carbocycles. The number of rotatable bonds is 8. The fourth-order valence-electron chi connectivity index (χ4n) is 2.45. The molecule has 0 amide bonds. The minimum absolute atomic E-state index is 0.121. The van der Waals surface area contributed by atoms with Crippen LogP contribution in [0.4, 0.5) is 0 Å². The van der Waals surface area contributed by atoms with Gasteiger partial charge in [-0.3, -0.25) is 9.88 Å². The van der Waals surface area contributed by atoms with E-state index in [2.05, 4.69) is 43.1 Å². The lowest BCUT2D eigenvalue weighted by Gasteiger charge is -2.37. The molecule has 0 saturated heterocycles. The number of thioether (sulfide) groups is 1. The van der Waals surface area contributed by atoms with Crippen molar-refractivity contribution >= 4 is 11.8 Å². The van der Waals surface area contributed by atoms with E-state index in [1.165, 1.54) is 0 Å². The number of hydrogen-bond acceptors (Lipinski definition) is 4. The van der Waals surface area contributed by atoms with Crippen LogP contribution in [-0.4, -0.2) is 41.0 Å². The Labute approximate surface area is 122 Å². The van der Waals surface area contributed by atoms with E-state index >= 15 is 0 Å². The standard InChI is InChI=1S/C15H27N3S/c1-5-12(11-19-4)18(3)15(13(16)6-2)14-9-7-8-10-17-14/h7-10,12-13,15H,5-6,11,16H2,1-4H3. The molecule has 1 aromatic heterocycles. The van der Waals surface area contributed by atoms with Gasteiger partial charge in [-0.15, -0.1) is 0 Å². The first-order valence-corrected chi connectivity index (χ1v) is 8.42. The molecule has 0 radical (unpaired) electrons. The number of pyridine rings is 1. The van der Waals surface area contributed by atoms with Crippen molar-refractivity contribution in [1.29, 1.82) is 0 Å². The molecule has 2 N–H and O–H groups in total. The lowest BCUT2D eigenvalue weighted by atomic mass is 9.99. The van der Waals surface area contributed by atoms with E-state index in [4.69, 9.17) is 5.73 Å². The maximum atomic E-state index is 6.35. The number of likely N-dealkylation sites (N-methyl/N-ethyl adjacent to an activating group) is 1. The minimum Gasteiger partial charge on any atom is -0.326 e. The summed E-state index contributed by atoms with van der Waals surface area (Å²) in [5, 5.41) is 0. The summed E-state index contributed by atoms with van der Waals surface area (Å²) in [5.74, 6) is 1.13. The maximum Gasteiger partial charge on any atom is 0.0673 e. The zero-order chi connectivity index (χ0) is 14.3. The van der Waals surface area contributed by atoms with Gasteiger partial charge in [0.1, 0.15) is 0 Å². The van der Waals surface area contributed by atoms with Crippen LogP contribution in [0.15, 0.2) is 24.4 Å². The molecule has 1 heterocycles. The highest BCUT2D eigenvalue weighted by molar-refractivity contribution is 7.98. The first-order chi connectivity index (χ1) is 9.15. The Balaban J connectivity index is 2.96. The predicted molar refractivity (Wildman–Crippen MR) is 85.5 cm³/mol. The SMILES string of the molecule is CCC(N)C(c1ccccn1)N(C)C(CC)CSC. The summed E-state index contributed by atoms with van der Waals surface area (Å²) >= 11 is 1.89. The highest BCUT2D eigenvalue weighted by atomic mass is 32.2. The molecule has 0 spiro atoms. The molecule has 0 aromatic carbocycles. The largest absolute Gasteiger partial charge is 0.326 e. The molecule has 4 heteroatoms. The van der Waals surface area contributed by atoms with Gasteiger partial charge >= 0.3 is 0 Å². The van der Waals surface area contributed by atoms with Crippen molar-refractivity contribution in [1.82, 2.24) is 9.88 Å². The smallest absolute Gasteiger partial charge is 0.0673 e. The molecule has 1 aromatic rings. The van der Waals surface area contributed by atoms with Crippen molar-refractivity contribution in [2.75, 3.05) is 19.1 Å². The van der Waals surface area contributed by atoms with Gasteiger partial charge in [0.15, 0.2) is 0 Å². The van der Waals surface area contributed by atoms with E-state index in [1.54, 1.807) is 0 Å². The quantitative estimate of drug-likeness (QED) is 0.795. The minimum atomic E-state index is 0.121.